The van der Waals surface area contributed by atoms with Crippen molar-refractivity contribution in [3.05, 3.63) is 40.3 Å². The molecule has 0 aliphatic carbocycles. The molecule has 2 heterocycles. The van der Waals surface area contributed by atoms with Crippen molar-refractivity contribution >= 4 is 15.9 Å². The molecule has 0 bridgehead atoms. The molecule has 0 aromatic carbocycles. The van der Waals surface area contributed by atoms with E-state index in [-0.39, 0.29) is 6.04 Å². The van der Waals surface area contributed by atoms with E-state index in [0.717, 1.165) is 35.4 Å². The van der Waals surface area contributed by atoms with Crippen LogP contribution in [0.3, 0.4) is 0 Å². The molecule has 80 valence electrons. The van der Waals surface area contributed by atoms with Gasteiger partial charge in [-0.25, -0.2) is 0 Å². The summed E-state index contributed by atoms with van der Waals surface area (Å²) in [5.74, 6) is 0.834. The van der Waals surface area contributed by atoms with Crippen LogP contribution in [0.5, 0.6) is 0 Å². The van der Waals surface area contributed by atoms with Gasteiger partial charge in [0.05, 0.1) is 12.3 Å². The summed E-state index contributed by atoms with van der Waals surface area (Å²) in [4.78, 5) is 4.26. The number of halogens is 1. The summed E-state index contributed by atoms with van der Waals surface area (Å²) in [5, 5.41) is 0. The van der Waals surface area contributed by atoms with Gasteiger partial charge in [-0.2, -0.15) is 0 Å². The molecule has 0 fully saturated rings. The SMILES string of the molecule is NC(C1=CCCCO1)c1ncccc1Br. The summed E-state index contributed by atoms with van der Waals surface area (Å²) in [6.45, 7) is 0.754. The fourth-order valence-corrected chi connectivity index (χ4v) is 2.06. The van der Waals surface area contributed by atoms with Gasteiger partial charge in [-0.05, 0) is 47.0 Å². The minimum absolute atomic E-state index is 0.263. The maximum atomic E-state index is 6.08. The van der Waals surface area contributed by atoms with Crippen LogP contribution < -0.4 is 5.73 Å². The van der Waals surface area contributed by atoms with Crippen LogP contribution in [0.4, 0.5) is 0 Å². The Balaban J connectivity index is 2.23. The second kappa shape index (κ2) is 4.77. The van der Waals surface area contributed by atoms with E-state index >= 15 is 0 Å². The van der Waals surface area contributed by atoms with Crippen molar-refractivity contribution in [2.75, 3.05) is 6.61 Å². The smallest absolute Gasteiger partial charge is 0.115 e. The van der Waals surface area contributed by atoms with E-state index in [1.807, 2.05) is 12.1 Å². The van der Waals surface area contributed by atoms with Crippen LogP contribution in [0.2, 0.25) is 0 Å². The second-order valence-corrected chi connectivity index (χ2v) is 4.30. The molecule has 0 saturated carbocycles. The molecule has 4 heteroatoms. The Morgan fingerprint density at radius 3 is 3.07 bits per heavy atom. The third-order valence-electron chi connectivity index (χ3n) is 2.35. The molecular formula is C11H13BrN2O. The van der Waals surface area contributed by atoms with Crippen LogP contribution in [-0.4, -0.2) is 11.6 Å². The zero-order valence-electron chi connectivity index (χ0n) is 8.32. The van der Waals surface area contributed by atoms with Crippen LogP contribution in [0, 0.1) is 0 Å². The number of allylic oxidation sites excluding steroid dienone is 1. The quantitative estimate of drug-likeness (QED) is 0.897. The lowest BCUT2D eigenvalue weighted by Crippen LogP contribution is -2.19. The first-order chi connectivity index (χ1) is 7.29. The van der Waals surface area contributed by atoms with Gasteiger partial charge >= 0.3 is 0 Å². The standard InChI is InChI=1S/C11H13BrN2O/c12-8-4-3-6-14-11(8)10(13)9-5-1-2-7-15-9/h3-6,10H,1-2,7,13H2. The summed E-state index contributed by atoms with van der Waals surface area (Å²) in [7, 11) is 0. The lowest BCUT2D eigenvalue weighted by Gasteiger charge is -2.20. The average molecular weight is 269 g/mol. The van der Waals surface area contributed by atoms with Crippen molar-refractivity contribution in [2.24, 2.45) is 5.73 Å². The summed E-state index contributed by atoms with van der Waals surface area (Å²) in [5.41, 5.74) is 6.91. The Morgan fingerprint density at radius 1 is 1.53 bits per heavy atom. The maximum Gasteiger partial charge on any atom is 0.115 e. The zero-order valence-corrected chi connectivity index (χ0v) is 9.90. The first-order valence-electron chi connectivity index (χ1n) is 4.98. The molecule has 2 N–H and O–H groups in total. The van der Waals surface area contributed by atoms with Gasteiger partial charge in [0.1, 0.15) is 11.8 Å². The number of pyridine rings is 1. The highest BCUT2D eigenvalue weighted by atomic mass is 79.9. The van der Waals surface area contributed by atoms with Gasteiger partial charge in [-0.1, -0.05) is 0 Å². The number of rotatable bonds is 2. The van der Waals surface area contributed by atoms with Crippen molar-refractivity contribution in [3.63, 3.8) is 0 Å². The third-order valence-corrected chi connectivity index (χ3v) is 3.02. The van der Waals surface area contributed by atoms with Gasteiger partial charge in [-0.15, -0.1) is 0 Å². The summed E-state index contributed by atoms with van der Waals surface area (Å²) >= 11 is 3.44. The summed E-state index contributed by atoms with van der Waals surface area (Å²) < 4.78 is 6.45. The molecule has 2 rings (SSSR count). The number of ether oxygens (including phenoxy) is 1. The zero-order chi connectivity index (χ0) is 10.7. The van der Waals surface area contributed by atoms with E-state index in [1.165, 1.54) is 0 Å². The first-order valence-corrected chi connectivity index (χ1v) is 5.77. The van der Waals surface area contributed by atoms with E-state index in [2.05, 4.69) is 27.0 Å². The van der Waals surface area contributed by atoms with E-state index in [1.54, 1.807) is 6.20 Å². The van der Waals surface area contributed by atoms with Crippen molar-refractivity contribution in [2.45, 2.75) is 18.9 Å². The predicted octanol–water partition coefficient (Wildman–Crippen LogP) is 2.54. The van der Waals surface area contributed by atoms with Gasteiger partial charge in [0, 0.05) is 10.7 Å². The van der Waals surface area contributed by atoms with E-state index in [4.69, 9.17) is 10.5 Å². The molecule has 1 unspecified atom stereocenters. The number of nitrogens with zero attached hydrogens (tertiary/aromatic N) is 1. The van der Waals surface area contributed by atoms with Gasteiger partial charge in [-0.3, -0.25) is 4.98 Å². The number of aromatic nitrogens is 1. The number of hydrogen-bond donors (Lipinski definition) is 1. The number of hydrogen-bond acceptors (Lipinski definition) is 3. The lowest BCUT2D eigenvalue weighted by molar-refractivity contribution is 0.175. The topological polar surface area (TPSA) is 48.1 Å². The van der Waals surface area contributed by atoms with Crippen molar-refractivity contribution in [3.8, 4) is 0 Å². The first kappa shape index (κ1) is 10.6. The highest BCUT2D eigenvalue weighted by Crippen LogP contribution is 2.27. The molecule has 1 aromatic heterocycles. The van der Waals surface area contributed by atoms with Crippen LogP contribution >= 0.6 is 15.9 Å². The molecule has 0 radical (unpaired) electrons. The molecule has 3 nitrogen and oxygen atoms in total. The van der Waals surface area contributed by atoms with Crippen LogP contribution in [-0.2, 0) is 4.74 Å². The van der Waals surface area contributed by atoms with Crippen LogP contribution in [0.1, 0.15) is 24.6 Å². The number of nitrogens with two attached hydrogens (primary N) is 1. The third kappa shape index (κ3) is 2.38. The molecular weight excluding hydrogens is 256 g/mol. The highest BCUT2D eigenvalue weighted by Gasteiger charge is 2.18. The Bertz CT molecular complexity index is 379. The lowest BCUT2D eigenvalue weighted by atomic mass is 10.1. The molecule has 15 heavy (non-hydrogen) atoms. The van der Waals surface area contributed by atoms with Crippen molar-refractivity contribution in [1.82, 2.24) is 4.98 Å². The monoisotopic (exact) mass is 268 g/mol. The Labute approximate surface area is 97.5 Å². The van der Waals surface area contributed by atoms with E-state index < -0.39 is 0 Å². The Hall–Kier alpha value is -0.870. The van der Waals surface area contributed by atoms with Crippen LogP contribution in [0.15, 0.2) is 34.6 Å². The van der Waals surface area contributed by atoms with Crippen molar-refractivity contribution < 1.29 is 4.74 Å². The molecule has 1 aromatic rings. The molecule has 0 saturated heterocycles. The van der Waals surface area contributed by atoms with Crippen molar-refractivity contribution in [1.29, 1.82) is 0 Å². The molecule has 1 aliphatic heterocycles. The molecule has 0 spiro atoms. The summed E-state index contributed by atoms with van der Waals surface area (Å²) in [6, 6.07) is 3.54. The maximum absolute atomic E-state index is 6.08. The summed E-state index contributed by atoms with van der Waals surface area (Å²) in [6.07, 6.45) is 5.89. The van der Waals surface area contributed by atoms with E-state index in [0.29, 0.717) is 0 Å². The van der Waals surface area contributed by atoms with Gasteiger partial charge < -0.3 is 10.5 Å². The normalized spacial score (nSPS) is 17.9. The fraction of sp³-hybridized carbons (Fsp3) is 0.364. The average Bonchev–Trinajstić information content (AvgIpc) is 2.30. The van der Waals surface area contributed by atoms with Gasteiger partial charge in [0.15, 0.2) is 0 Å². The minimum Gasteiger partial charge on any atom is -0.496 e. The van der Waals surface area contributed by atoms with E-state index in [9.17, 15) is 0 Å². The molecule has 1 atom stereocenters. The van der Waals surface area contributed by atoms with Gasteiger partial charge in [0.2, 0.25) is 0 Å². The second-order valence-electron chi connectivity index (χ2n) is 3.45. The Kier molecular flexibility index (Phi) is 3.38. The minimum atomic E-state index is -0.263. The van der Waals surface area contributed by atoms with Gasteiger partial charge in [0.25, 0.3) is 0 Å². The molecule has 0 amide bonds. The largest absolute Gasteiger partial charge is 0.496 e. The molecule has 1 aliphatic rings. The predicted molar refractivity (Wildman–Crippen MR) is 62.1 cm³/mol. The van der Waals surface area contributed by atoms with Crippen LogP contribution in [0.25, 0.3) is 0 Å². The fourth-order valence-electron chi connectivity index (χ4n) is 1.55. The Morgan fingerprint density at radius 2 is 2.40 bits per heavy atom. The highest BCUT2D eigenvalue weighted by molar-refractivity contribution is 9.10.